The minimum absolute atomic E-state index is 0.225. The van der Waals surface area contributed by atoms with E-state index in [9.17, 15) is 0 Å². The summed E-state index contributed by atoms with van der Waals surface area (Å²) in [5, 5.41) is 8.61. The van der Waals surface area contributed by atoms with E-state index in [2.05, 4.69) is 36.5 Å². The summed E-state index contributed by atoms with van der Waals surface area (Å²) >= 11 is 6.19. The van der Waals surface area contributed by atoms with E-state index in [1.165, 1.54) is 5.56 Å². The van der Waals surface area contributed by atoms with E-state index in [0.717, 1.165) is 30.1 Å². The number of benzene rings is 1. The van der Waals surface area contributed by atoms with Crippen LogP contribution in [-0.4, -0.2) is 9.78 Å². The average molecular weight is 278 g/mol. The highest BCUT2D eigenvalue weighted by molar-refractivity contribution is 6.31. The van der Waals surface area contributed by atoms with Gasteiger partial charge in [0.15, 0.2) is 0 Å². The summed E-state index contributed by atoms with van der Waals surface area (Å²) in [6, 6.07) is 8.17. The van der Waals surface area contributed by atoms with Crippen molar-refractivity contribution in [1.29, 1.82) is 0 Å². The fourth-order valence-corrected chi connectivity index (χ4v) is 2.36. The van der Waals surface area contributed by atoms with Gasteiger partial charge in [-0.05, 0) is 25.0 Å². The molecule has 1 heterocycles. The topological polar surface area (TPSA) is 29.9 Å². The molecule has 0 saturated heterocycles. The second-order valence-electron chi connectivity index (χ2n) is 4.74. The molecule has 0 amide bonds. The van der Waals surface area contributed by atoms with Crippen molar-refractivity contribution in [3.63, 3.8) is 0 Å². The molecule has 2 rings (SSSR count). The number of nitrogens with zero attached hydrogens (tertiary/aromatic N) is 2. The standard InChI is InChI=1S/C15H20ClN3/c1-3-8-19-11-13(10-18-19)9-17-12(2)14-6-4-5-7-15(14)16/h4-7,10-12,17H,3,8-9H2,1-2H3/t12-/m1/s1. The van der Waals surface area contributed by atoms with Gasteiger partial charge in [0, 0.05) is 35.9 Å². The zero-order valence-electron chi connectivity index (χ0n) is 11.4. The summed E-state index contributed by atoms with van der Waals surface area (Å²) in [5.74, 6) is 0. The van der Waals surface area contributed by atoms with Crippen LogP contribution in [0.4, 0.5) is 0 Å². The Hall–Kier alpha value is -1.32. The number of nitrogens with one attached hydrogen (secondary N) is 1. The quantitative estimate of drug-likeness (QED) is 0.870. The van der Waals surface area contributed by atoms with Crippen LogP contribution < -0.4 is 5.32 Å². The van der Waals surface area contributed by atoms with Gasteiger partial charge in [0.1, 0.15) is 0 Å². The second-order valence-corrected chi connectivity index (χ2v) is 5.14. The van der Waals surface area contributed by atoms with Crippen molar-refractivity contribution in [3.8, 4) is 0 Å². The summed E-state index contributed by atoms with van der Waals surface area (Å²) < 4.78 is 1.98. The molecule has 0 radical (unpaired) electrons. The maximum atomic E-state index is 6.19. The zero-order valence-corrected chi connectivity index (χ0v) is 12.2. The molecule has 102 valence electrons. The molecule has 1 aromatic carbocycles. The molecular weight excluding hydrogens is 258 g/mol. The second kappa shape index (κ2) is 6.73. The number of hydrogen-bond donors (Lipinski definition) is 1. The van der Waals surface area contributed by atoms with Crippen molar-refractivity contribution in [2.24, 2.45) is 0 Å². The Kier molecular flexibility index (Phi) is 5.00. The summed E-state index contributed by atoms with van der Waals surface area (Å²) in [4.78, 5) is 0. The molecule has 1 aromatic heterocycles. The maximum absolute atomic E-state index is 6.19. The lowest BCUT2D eigenvalue weighted by Crippen LogP contribution is -2.18. The molecule has 3 nitrogen and oxygen atoms in total. The molecular formula is C15H20ClN3. The van der Waals surface area contributed by atoms with Crippen LogP contribution >= 0.6 is 11.6 Å². The van der Waals surface area contributed by atoms with E-state index in [4.69, 9.17) is 11.6 Å². The van der Waals surface area contributed by atoms with Gasteiger partial charge in [-0.2, -0.15) is 5.10 Å². The Morgan fingerprint density at radius 3 is 2.89 bits per heavy atom. The largest absolute Gasteiger partial charge is 0.306 e. The van der Waals surface area contributed by atoms with Crippen LogP contribution in [0.1, 0.15) is 37.4 Å². The van der Waals surface area contributed by atoms with Gasteiger partial charge in [0.25, 0.3) is 0 Å². The van der Waals surface area contributed by atoms with E-state index in [0.29, 0.717) is 0 Å². The number of aromatic nitrogens is 2. The van der Waals surface area contributed by atoms with Gasteiger partial charge in [-0.25, -0.2) is 0 Å². The molecule has 0 saturated carbocycles. The molecule has 4 heteroatoms. The van der Waals surface area contributed by atoms with E-state index < -0.39 is 0 Å². The number of rotatable bonds is 6. The molecule has 0 aliphatic carbocycles. The van der Waals surface area contributed by atoms with E-state index >= 15 is 0 Å². The van der Waals surface area contributed by atoms with Gasteiger partial charge in [0.05, 0.1) is 6.20 Å². The lowest BCUT2D eigenvalue weighted by atomic mass is 10.1. The molecule has 1 atom stereocenters. The number of halogens is 1. The molecule has 0 fully saturated rings. The normalized spacial score (nSPS) is 12.6. The van der Waals surface area contributed by atoms with Crippen molar-refractivity contribution in [3.05, 3.63) is 52.8 Å². The zero-order chi connectivity index (χ0) is 13.7. The van der Waals surface area contributed by atoms with Gasteiger partial charge < -0.3 is 5.32 Å². The number of hydrogen-bond acceptors (Lipinski definition) is 2. The Balaban J connectivity index is 1.92. The highest BCUT2D eigenvalue weighted by atomic mass is 35.5. The van der Waals surface area contributed by atoms with Crippen LogP contribution in [0.5, 0.6) is 0 Å². The SMILES string of the molecule is CCCn1cc(CN[C@H](C)c2ccccc2Cl)cn1. The lowest BCUT2D eigenvalue weighted by molar-refractivity contribution is 0.572. The molecule has 0 aliphatic rings. The smallest absolute Gasteiger partial charge is 0.0534 e. The van der Waals surface area contributed by atoms with Crippen molar-refractivity contribution < 1.29 is 0 Å². The first-order valence-corrected chi connectivity index (χ1v) is 7.07. The lowest BCUT2D eigenvalue weighted by Gasteiger charge is -2.14. The van der Waals surface area contributed by atoms with Crippen LogP contribution in [0.2, 0.25) is 5.02 Å². The third-order valence-corrected chi connectivity index (χ3v) is 3.47. The van der Waals surface area contributed by atoms with Crippen LogP contribution in [0.25, 0.3) is 0 Å². The predicted molar refractivity (Wildman–Crippen MR) is 79.2 cm³/mol. The Labute approximate surface area is 119 Å². The monoisotopic (exact) mass is 277 g/mol. The summed E-state index contributed by atoms with van der Waals surface area (Å²) in [6.45, 7) is 6.05. The van der Waals surface area contributed by atoms with Crippen molar-refractivity contribution in [1.82, 2.24) is 15.1 Å². The minimum Gasteiger partial charge on any atom is -0.306 e. The highest BCUT2D eigenvalue weighted by Crippen LogP contribution is 2.22. The molecule has 0 aliphatic heterocycles. The van der Waals surface area contributed by atoms with Crippen molar-refractivity contribution in [2.75, 3.05) is 0 Å². The molecule has 0 spiro atoms. The van der Waals surface area contributed by atoms with Crippen molar-refractivity contribution in [2.45, 2.75) is 39.4 Å². The average Bonchev–Trinajstić information content (AvgIpc) is 2.85. The van der Waals surface area contributed by atoms with Gasteiger partial charge in [-0.15, -0.1) is 0 Å². The molecule has 1 N–H and O–H groups in total. The Bertz CT molecular complexity index is 522. The van der Waals surface area contributed by atoms with Gasteiger partial charge >= 0.3 is 0 Å². The fraction of sp³-hybridized carbons (Fsp3) is 0.400. The Morgan fingerprint density at radius 1 is 1.37 bits per heavy atom. The molecule has 19 heavy (non-hydrogen) atoms. The molecule has 0 bridgehead atoms. The first kappa shape index (κ1) is 14.1. The van der Waals surface area contributed by atoms with E-state index in [1.54, 1.807) is 0 Å². The van der Waals surface area contributed by atoms with Crippen LogP contribution in [0.15, 0.2) is 36.7 Å². The molecule has 0 unspecified atom stereocenters. The summed E-state index contributed by atoms with van der Waals surface area (Å²) in [6.07, 6.45) is 5.11. The molecule has 2 aromatic rings. The van der Waals surface area contributed by atoms with Crippen LogP contribution in [-0.2, 0) is 13.1 Å². The number of aryl methyl sites for hydroxylation is 1. The van der Waals surface area contributed by atoms with E-state index in [1.807, 2.05) is 29.1 Å². The first-order valence-electron chi connectivity index (χ1n) is 6.70. The first-order chi connectivity index (χ1) is 9.20. The van der Waals surface area contributed by atoms with Gasteiger partial charge in [-0.3, -0.25) is 4.68 Å². The predicted octanol–water partition coefficient (Wildman–Crippen LogP) is 3.80. The summed E-state index contributed by atoms with van der Waals surface area (Å²) in [5.41, 5.74) is 2.33. The maximum Gasteiger partial charge on any atom is 0.0534 e. The van der Waals surface area contributed by atoms with Crippen LogP contribution in [0.3, 0.4) is 0 Å². The fourth-order valence-electron chi connectivity index (χ4n) is 2.06. The highest BCUT2D eigenvalue weighted by Gasteiger charge is 2.08. The minimum atomic E-state index is 0.225. The third-order valence-electron chi connectivity index (χ3n) is 3.12. The van der Waals surface area contributed by atoms with E-state index in [-0.39, 0.29) is 6.04 Å². The van der Waals surface area contributed by atoms with Crippen LogP contribution in [0, 0.1) is 0 Å². The Morgan fingerprint density at radius 2 is 2.16 bits per heavy atom. The summed E-state index contributed by atoms with van der Waals surface area (Å²) in [7, 11) is 0. The third kappa shape index (κ3) is 3.82. The van der Waals surface area contributed by atoms with Gasteiger partial charge in [-0.1, -0.05) is 36.7 Å². The van der Waals surface area contributed by atoms with Gasteiger partial charge in [0.2, 0.25) is 0 Å². The van der Waals surface area contributed by atoms with Crippen molar-refractivity contribution >= 4 is 11.6 Å².